The predicted molar refractivity (Wildman–Crippen MR) is 109 cm³/mol. The molecule has 1 amide bonds. The van der Waals surface area contributed by atoms with Gasteiger partial charge in [-0.3, -0.25) is 9.78 Å². The molecule has 0 spiro atoms. The first-order chi connectivity index (χ1) is 11.5. The Bertz CT molecular complexity index is 718. The molecule has 1 fully saturated rings. The molecule has 2 unspecified atom stereocenters. The van der Waals surface area contributed by atoms with Crippen LogP contribution in [0.1, 0.15) is 53.1 Å². The normalized spacial score (nSPS) is 19.2. The number of nitrogens with one attached hydrogen (secondary N) is 1. The van der Waals surface area contributed by atoms with Crippen LogP contribution in [0, 0.1) is 13.8 Å². The first-order valence-corrected chi connectivity index (χ1v) is 8.67. The summed E-state index contributed by atoms with van der Waals surface area (Å²) in [5.74, 6) is 0.00877. The largest absolute Gasteiger partial charge is 0.349 e. The zero-order valence-corrected chi connectivity index (χ0v) is 16.9. The summed E-state index contributed by atoms with van der Waals surface area (Å²) < 4.78 is 2.14. The Labute approximate surface area is 167 Å². The van der Waals surface area contributed by atoms with Gasteiger partial charge in [0.05, 0.1) is 17.8 Å². The highest BCUT2D eigenvalue weighted by Crippen LogP contribution is 2.20. The molecule has 144 valence electrons. The van der Waals surface area contributed by atoms with Gasteiger partial charge < -0.3 is 15.6 Å². The number of rotatable bonds is 4. The van der Waals surface area contributed by atoms with E-state index in [0.29, 0.717) is 6.54 Å². The number of halogens is 2. The zero-order valence-electron chi connectivity index (χ0n) is 15.3. The number of hydrogen-bond acceptors (Lipinski definition) is 3. The van der Waals surface area contributed by atoms with E-state index in [0.717, 1.165) is 48.3 Å². The number of nitrogens with zero attached hydrogens (tertiary/aromatic N) is 2. The summed E-state index contributed by atoms with van der Waals surface area (Å²) in [6.07, 6.45) is 5.84. The van der Waals surface area contributed by atoms with Crippen LogP contribution in [0.2, 0.25) is 0 Å². The van der Waals surface area contributed by atoms with E-state index in [4.69, 9.17) is 5.73 Å². The summed E-state index contributed by atoms with van der Waals surface area (Å²) in [5, 5.41) is 3.16. The summed E-state index contributed by atoms with van der Waals surface area (Å²) in [6.45, 7) is 4.71. The summed E-state index contributed by atoms with van der Waals surface area (Å²) in [6, 6.07) is 8.27. The fourth-order valence-corrected chi connectivity index (χ4v) is 3.55. The number of aromatic nitrogens is 2. The molecule has 0 aromatic carbocycles. The monoisotopic (exact) mass is 398 g/mol. The molecule has 0 saturated heterocycles. The maximum absolute atomic E-state index is 12.7. The number of carbonyl (C=O) groups excluding carboxylic acids is 1. The van der Waals surface area contributed by atoms with Crippen molar-refractivity contribution in [3.8, 4) is 0 Å². The van der Waals surface area contributed by atoms with Gasteiger partial charge in [0.25, 0.3) is 5.91 Å². The topological polar surface area (TPSA) is 72.9 Å². The summed E-state index contributed by atoms with van der Waals surface area (Å²) in [7, 11) is 0. The van der Waals surface area contributed by atoms with Crippen LogP contribution in [0.4, 0.5) is 0 Å². The molecular weight excluding hydrogens is 371 g/mol. The second kappa shape index (κ2) is 9.95. The third kappa shape index (κ3) is 5.22. The van der Waals surface area contributed by atoms with Crippen molar-refractivity contribution in [3.05, 3.63) is 53.1 Å². The zero-order chi connectivity index (χ0) is 17.1. The lowest BCUT2D eigenvalue weighted by atomic mass is 9.91. The maximum atomic E-state index is 12.7. The first kappa shape index (κ1) is 22.5. The number of nitrogens with two attached hydrogens (primary N) is 1. The van der Waals surface area contributed by atoms with Crippen molar-refractivity contribution in [2.24, 2.45) is 5.73 Å². The molecule has 7 heteroatoms. The average molecular weight is 399 g/mol. The predicted octanol–water partition coefficient (Wildman–Crippen LogP) is 3.39. The van der Waals surface area contributed by atoms with Crippen LogP contribution in [-0.2, 0) is 6.54 Å². The lowest BCUT2D eigenvalue weighted by Gasteiger charge is -2.27. The third-order valence-electron chi connectivity index (χ3n) is 4.91. The minimum atomic E-state index is 0. The van der Waals surface area contributed by atoms with E-state index >= 15 is 0 Å². The minimum absolute atomic E-state index is 0. The highest BCUT2D eigenvalue weighted by molar-refractivity contribution is 5.95. The van der Waals surface area contributed by atoms with Gasteiger partial charge in [-0.15, -0.1) is 24.8 Å². The van der Waals surface area contributed by atoms with Crippen LogP contribution in [0.15, 0.2) is 30.5 Å². The molecule has 5 nitrogen and oxygen atoms in total. The Morgan fingerprint density at radius 3 is 2.73 bits per heavy atom. The smallest absolute Gasteiger partial charge is 0.253 e. The molecule has 26 heavy (non-hydrogen) atoms. The van der Waals surface area contributed by atoms with Crippen molar-refractivity contribution in [3.63, 3.8) is 0 Å². The number of aryl methyl sites for hydroxylation is 1. The Morgan fingerprint density at radius 1 is 1.31 bits per heavy atom. The fourth-order valence-electron chi connectivity index (χ4n) is 3.55. The van der Waals surface area contributed by atoms with E-state index in [2.05, 4.69) is 14.9 Å². The van der Waals surface area contributed by atoms with Gasteiger partial charge in [-0.05, 0) is 57.7 Å². The molecule has 0 bridgehead atoms. The van der Waals surface area contributed by atoms with Crippen LogP contribution in [0.3, 0.4) is 0 Å². The number of hydrogen-bond donors (Lipinski definition) is 2. The Balaban J connectivity index is 0.00000169. The molecule has 2 aromatic rings. The molecule has 1 aliphatic carbocycles. The second-order valence-electron chi connectivity index (χ2n) is 6.79. The Morgan fingerprint density at radius 2 is 2.08 bits per heavy atom. The van der Waals surface area contributed by atoms with Crippen LogP contribution in [0.5, 0.6) is 0 Å². The lowest BCUT2D eigenvalue weighted by Crippen LogP contribution is -2.42. The minimum Gasteiger partial charge on any atom is -0.349 e. The van der Waals surface area contributed by atoms with Crippen LogP contribution in [-0.4, -0.2) is 27.5 Å². The fraction of sp³-hybridized carbons (Fsp3) is 0.474. The average Bonchev–Trinajstić information content (AvgIpc) is 2.84. The Kier molecular flexibility index (Phi) is 8.60. The summed E-state index contributed by atoms with van der Waals surface area (Å²) in [4.78, 5) is 17.1. The highest BCUT2D eigenvalue weighted by Gasteiger charge is 2.23. The molecule has 0 radical (unpaired) electrons. The van der Waals surface area contributed by atoms with Crippen molar-refractivity contribution < 1.29 is 4.79 Å². The van der Waals surface area contributed by atoms with Crippen molar-refractivity contribution in [2.45, 2.75) is 58.2 Å². The molecule has 3 N–H and O–H groups in total. The summed E-state index contributed by atoms with van der Waals surface area (Å²) >= 11 is 0. The molecule has 1 aliphatic rings. The van der Waals surface area contributed by atoms with Crippen LogP contribution in [0.25, 0.3) is 0 Å². The van der Waals surface area contributed by atoms with E-state index < -0.39 is 0 Å². The third-order valence-corrected chi connectivity index (χ3v) is 4.91. The van der Waals surface area contributed by atoms with Gasteiger partial charge in [-0.25, -0.2) is 0 Å². The van der Waals surface area contributed by atoms with Crippen molar-refractivity contribution >= 4 is 30.7 Å². The van der Waals surface area contributed by atoms with Gasteiger partial charge >= 0.3 is 0 Å². The van der Waals surface area contributed by atoms with E-state index in [9.17, 15) is 4.79 Å². The SMILES string of the molecule is Cc1cc(C(=O)NC2CCCC(N)C2)c(C)n1Cc1ccccn1.Cl.Cl. The van der Waals surface area contributed by atoms with Gasteiger partial charge in [0.1, 0.15) is 0 Å². The number of pyridine rings is 1. The molecule has 0 aliphatic heterocycles. The lowest BCUT2D eigenvalue weighted by molar-refractivity contribution is 0.0925. The summed E-state index contributed by atoms with van der Waals surface area (Å²) in [5.41, 5.74) is 9.82. The first-order valence-electron chi connectivity index (χ1n) is 8.67. The molecule has 2 atom stereocenters. The van der Waals surface area contributed by atoms with Crippen molar-refractivity contribution in [2.75, 3.05) is 0 Å². The molecule has 3 rings (SSSR count). The standard InChI is InChI=1S/C19H26N4O.2ClH/c1-13-10-18(19(24)22-16-8-5-6-15(20)11-16)14(2)23(13)12-17-7-3-4-9-21-17;;/h3-4,7,9-10,15-16H,5-6,8,11-12,20H2,1-2H3,(H,22,24);2*1H. The Hall–Kier alpha value is -1.56. The van der Waals surface area contributed by atoms with Crippen molar-refractivity contribution in [1.82, 2.24) is 14.9 Å². The molecule has 2 heterocycles. The van der Waals surface area contributed by atoms with Gasteiger partial charge in [0.2, 0.25) is 0 Å². The van der Waals surface area contributed by atoms with E-state index in [1.165, 1.54) is 0 Å². The maximum Gasteiger partial charge on any atom is 0.253 e. The van der Waals surface area contributed by atoms with Gasteiger partial charge in [0.15, 0.2) is 0 Å². The molecule has 2 aromatic heterocycles. The highest BCUT2D eigenvalue weighted by atomic mass is 35.5. The number of carbonyl (C=O) groups is 1. The van der Waals surface area contributed by atoms with Crippen molar-refractivity contribution in [1.29, 1.82) is 0 Å². The quantitative estimate of drug-likeness (QED) is 0.828. The van der Waals surface area contributed by atoms with Crippen LogP contribution < -0.4 is 11.1 Å². The van der Waals surface area contributed by atoms with Gasteiger partial charge in [-0.1, -0.05) is 6.07 Å². The van der Waals surface area contributed by atoms with Crippen LogP contribution >= 0.6 is 24.8 Å². The van der Waals surface area contributed by atoms with Gasteiger partial charge in [-0.2, -0.15) is 0 Å². The molecular formula is C19H28Cl2N4O. The number of amides is 1. The van der Waals surface area contributed by atoms with E-state index in [-0.39, 0.29) is 42.8 Å². The van der Waals surface area contributed by atoms with E-state index in [1.807, 2.05) is 38.1 Å². The van der Waals surface area contributed by atoms with E-state index in [1.54, 1.807) is 6.20 Å². The second-order valence-corrected chi connectivity index (χ2v) is 6.79. The van der Waals surface area contributed by atoms with Gasteiger partial charge in [0, 0.05) is 29.7 Å². The molecule has 1 saturated carbocycles.